The van der Waals surface area contributed by atoms with Crippen LogP contribution in [-0.4, -0.2) is 28.2 Å². The van der Waals surface area contributed by atoms with Crippen LogP contribution >= 0.6 is 0 Å². The van der Waals surface area contributed by atoms with Gasteiger partial charge in [0.05, 0.1) is 17.7 Å². The van der Waals surface area contributed by atoms with E-state index in [0.29, 0.717) is 28.7 Å². The smallest absolute Gasteiger partial charge is 0.416 e. The second-order valence-electron chi connectivity index (χ2n) is 6.78. The second-order valence-corrected chi connectivity index (χ2v) is 6.78. The van der Waals surface area contributed by atoms with Crippen molar-refractivity contribution in [1.29, 1.82) is 0 Å². The normalized spacial score (nSPS) is 11.5. The highest BCUT2D eigenvalue weighted by Gasteiger charge is 2.33. The molecule has 1 aromatic heterocycles. The highest BCUT2D eigenvalue weighted by atomic mass is 19.4. The van der Waals surface area contributed by atoms with Crippen molar-refractivity contribution in [2.75, 3.05) is 11.9 Å². The number of primary amides is 1. The van der Waals surface area contributed by atoms with Crippen molar-refractivity contribution >= 4 is 28.5 Å². The van der Waals surface area contributed by atoms with Crippen molar-refractivity contribution in [3.63, 3.8) is 0 Å². The molecule has 0 aliphatic rings. The van der Waals surface area contributed by atoms with Crippen molar-refractivity contribution in [2.45, 2.75) is 25.9 Å². The number of alkyl halides is 3. The first-order chi connectivity index (χ1) is 14.6. The van der Waals surface area contributed by atoms with Crippen LogP contribution < -0.4 is 15.8 Å². The molecule has 0 atom stereocenters. The van der Waals surface area contributed by atoms with Crippen LogP contribution in [0.25, 0.3) is 10.9 Å². The number of unbranched alkanes of at least 4 members (excludes halogenated alkanes) is 1. The minimum atomic E-state index is -4.68. The van der Waals surface area contributed by atoms with Gasteiger partial charge in [0.1, 0.15) is 11.3 Å². The minimum Gasteiger partial charge on any atom is -0.494 e. The first-order valence-electron chi connectivity index (χ1n) is 9.42. The fourth-order valence-corrected chi connectivity index (χ4v) is 3.06. The lowest BCUT2D eigenvalue weighted by Crippen LogP contribution is -2.19. The van der Waals surface area contributed by atoms with Gasteiger partial charge in [-0.2, -0.15) is 13.2 Å². The molecule has 0 saturated carbocycles. The van der Waals surface area contributed by atoms with E-state index in [1.165, 1.54) is 0 Å². The summed E-state index contributed by atoms with van der Waals surface area (Å²) in [6, 6.07) is 7.60. The summed E-state index contributed by atoms with van der Waals surface area (Å²) in [7, 11) is 0. The van der Waals surface area contributed by atoms with E-state index in [-0.39, 0.29) is 10.9 Å². The van der Waals surface area contributed by atoms with Gasteiger partial charge in [0.15, 0.2) is 0 Å². The summed E-state index contributed by atoms with van der Waals surface area (Å²) in [4.78, 5) is 24.5. The molecular weight excluding hydrogens is 415 g/mol. The van der Waals surface area contributed by atoms with E-state index in [1.54, 1.807) is 24.3 Å². The number of anilines is 1. The molecule has 0 aliphatic carbocycles. The molecule has 0 radical (unpaired) electrons. The maximum absolute atomic E-state index is 13.1. The molecule has 7 nitrogen and oxygen atoms in total. The Balaban J connectivity index is 1.96. The molecule has 0 spiro atoms. The summed E-state index contributed by atoms with van der Waals surface area (Å²) in [5, 5.41) is 12.6. The van der Waals surface area contributed by atoms with Crippen LogP contribution in [0.15, 0.2) is 42.5 Å². The summed E-state index contributed by atoms with van der Waals surface area (Å²) < 4.78 is 45.5. The summed E-state index contributed by atoms with van der Waals surface area (Å²) in [5.41, 5.74) is 3.89. The average Bonchev–Trinajstić information content (AvgIpc) is 3.00. The zero-order valence-electron chi connectivity index (χ0n) is 16.5. The monoisotopic (exact) mass is 435 g/mol. The summed E-state index contributed by atoms with van der Waals surface area (Å²) in [6.07, 6.45) is -2.81. The molecule has 3 aromatic rings. The Morgan fingerprint density at radius 3 is 2.42 bits per heavy atom. The van der Waals surface area contributed by atoms with Crippen molar-refractivity contribution in [1.82, 2.24) is 4.57 Å². The molecule has 2 amide bonds. The number of aromatic nitrogens is 1. The number of halogens is 3. The summed E-state index contributed by atoms with van der Waals surface area (Å²) >= 11 is 0. The standard InChI is InChI=1S/C21H20F3N3O4/c1-2-3-10-31-14-7-5-13(6-8-14)26-18(28)17-15-11-12(21(22,23)24)4-9-16(15)27(19(17)29)20(25)30/h4-9,11,29H,2-3,10H2,1H3,(H2,25,30)(H,26,28). The van der Waals surface area contributed by atoms with Gasteiger partial charge in [-0.3, -0.25) is 4.79 Å². The molecule has 10 heteroatoms. The van der Waals surface area contributed by atoms with Gasteiger partial charge in [-0.15, -0.1) is 0 Å². The number of fused-ring (bicyclic) bond motifs is 1. The number of aromatic hydroxyl groups is 1. The number of hydrogen-bond acceptors (Lipinski definition) is 4. The molecule has 0 unspecified atom stereocenters. The Bertz CT molecular complexity index is 1120. The number of nitrogens with one attached hydrogen (secondary N) is 1. The van der Waals surface area contributed by atoms with Crippen LogP contribution in [0.1, 0.15) is 35.7 Å². The topological polar surface area (TPSA) is 107 Å². The predicted molar refractivity (Wildman–Crippen MR) is 108 cm³/mol. The van der Waals surface area contributed by atoms with Gasteiger partial charge in [-0.25, -0.2) is 9.36 Å². The number of amides is 2. The predicted octanol–water partition coefficient (Wildman–Crippen LogP) is 4.72. The van der Waals surface area contributed by atoms with E-state index in [1.807, 2.05) is 6.92 Å². The third-order valence-electron chi connectivity index (χ3n) is 4.60. The molecule has 0 aliphatic heterocycles. The maximum atomic E-state index is 13.1. The number of rotatable bonds is 6. The Hall–Kier alpha value is -3.69. The van der Waals surface area contributed by atoms with Gasteiger partial charge in [-0.05, 0) is 48.9 Å². The van der Waals surface area contributed by atoms with E-state index in [2.05, 4.69) is 5.32 Å². The second kappa shape index (κ2) is 8.58. The molecule has 0 bridgehead atoms. The van der Waals surface area contributed by atoms with Crippen LogP contribution in [0, 0.1) is 0 Å². The molecule has 164 valence electrons. The number of ether oxygens (including phenoxy) is 1. The zero-order chi connectivity index (χ0) is 22.8. The van der Waals surface area contributed by atoms with E-state index < -0.39 is 35.1 Å². The van der Waals surface area contributed by atoms with Crippen molar-refractivity contribution in [2.24, 2.45) is 5.73 Å². The van der Waals surface area contributed by atoms with Crippen LogP contribution in [0.4, 0.5) is 23.7 Å². The average molecular weight is 435 g/mol. The number of nitrogens with zero attached hydrogens (tertiary/aromatic N) is 1. The number of nitrogens with two attached hydrogens (primary N) is 1. The summed E-state index contributed by atoms with van der Waals surface area (Å²) in [5.74, 6) is -1.16. The number of benzene rings is 2. The molecule has 4 N–H and O–H groups in total. The first-order valence-corrected chi connectivity index (χ1v) is 9.42. The van der Waals surface area contributed by atoms with Gasteiger partial charge < -0.3 is 20.9 Å². The van der Waals surface area contributed by atoms with E-state index in [0.717, 1.165) is 25.0 Å². The van der Waals surface area contributed by atoms with Crippen molar-refractivity contribution in [3.05, 3.63) is 53.6 Å². The number of carbonyl (C=O) groups is 2. The largest absolute Gasteiger partial charge is 0.494 e. The Labute approximate surface area is 175 Å². The lowest BCUT2D eigenvalue weighted by molar-refractivity contribution is -0.137. The third kappa shape index (κ3) is 4.57. The fourth-order valence-electron chi connectivity index (χ4n) is 3.06. The highest BCUT2D eigenvalue weighted by Crippen LogP contribution is 2.37. The van der Waals surface area contributed by atoms with Gasteiger partial charge in [0.2, 0.25) is 5.88 Å². The lowest BCUT2D eigenvalue weighted by Gasteiger charge is -2.09. The SMILES string of the molecule is CCCCOc1ccc(NC(=O)c2c(O)n(C(N)=O)c3ccc(C(F)(F)F)cc23)cc1. The maximum Gasteiger partial charge on any atom is 0.416 e. The molecule has 31 heavy (non-hydrogen) atoms. The minimum absolute atomic E-state index is 0.122. The summed E-state index contributed by atoms with van der Waals surface area (Å²) in [6.45, 7) is 2.58. The van der Waals surface area contributed by atoms with Crippen LogP contribution in [0.3, 0.4) is 0 Å². The van der Waals surface area contributed by atoms with Gasteiger partial charge in [0.25, 0.3) is 5.91 Å². The molecule has 1 heterocycles. The Morgan fingerprint density at radius 2 is 1.84 bits per heavy atom. The first kappa shape index (κ1) is 22.0. The van der Waals surface area contributed by atoms with E-state index in [4.69, 9.17) is 10.5 Å². The molecule has 0 fully saturated rings. The van der Waals surface area contributed by atoms with Gasteiger partial charge in [0, 0.05) is 11.1 Å². The van der Waals surface area contributed by atoms with Crippen LogP contribution in [0.2, 0.25) is 0 Å². The fraction of sp³-hybridized carbons (Fsp3) is 0.238. The number of carbonyl (C=O) groups excluding carboxylic acids is 2. The highest BCUT2D eigenvalue weighted by molar-refractivity contribution is 6.16. The molecule has 2 aromatic carbocycles. The van der Waals surface area contributed by atoms with E-state index in [9.17, 15) is 27.9 Å². The van der Waals surface area contributed by atoms with E-state index >= 15 is 0 Å². The third-order valence-corrected chi connectivity index (χ3v) is 4.60. The van der Waals surface area contributed by atoms with Gasteiger partial charge >= 0.3 is 12.2 Å². The van der Waals surface area contributed by atoms with Crippen LogP contribution in [-0.2, 0) is 6.18 Å². The number of hydrogen-bond donors (Lipinski definition) is 3. The quantitative estimate of drug-likeness (QED) is 0.487. The van der Waals surface area contributed by atoms with Crippen LogP contribution in [0.5, 0.6) is 11.6 Å². The lowest BCUT2D eigenvalue weighted by atomic mass is 10.1. The van der Waals surface area contributed by atoms with Gasteiger partial charge in [-0.1, -0.05) is 13.3 Å². The molecule has 3 rings (SSSR count). The molecule has 0 saturated heterocycles. The molecular formula is C21H20F3N3O4. The zero-order valence-corrected chi connectivity index (χ0v) is 16.5. The van der Waals surface area contributed by atoms with Crippen molar-refractivity contribution < 1.29 is 32.6 Å². The Morgan fingerprint density at radius 1 is 1.16 bits per heavy atom. The van der Waals surface area contributed by atoms with Crippen molar-refractivity contribution in [3.8, 4) is 11.6 Å². The Kier molecular flexibility index (Phi) is 6.09.